The molecule has 0 aliphatic heterocycles. The summed E-state index contributed by atoms with van der Waals surface area (Å²) in [7, 11) is 0. The lowest BCUT2D eigenvalue weighted by Gasteiger charge is -2.26. The lowest BCUT2D eigenvalue weighted by atomic mass is 9.90. The van der Waals surface area contributed by atoms with Crippen LogP contribution in [0, 0.1) is 0 Å². The number of aromatic nitrogens is 1. The fourth-order valence-electron chi connectivity index (χ4n) is 4.39. The lowest BCUT2D eigenvalue weighted by Crippen LogP contribution is -2.14. The van der Waals surface area contributed by atoms with Gasteiger partial charge in [0, 0.05) is 16.4 Å². The van der Waals surface area contributed by atoms with Crippen LogP contribution in [0.3, 0.4) is 0 Å². The average molecular weight is 472 g/mol. The molecule has 1 aliphatic rings. The van der Waals surface area contributed by atoms with Crippen molar-refractivity contribution in [2.45, 2.75) is 30.3 Å². The van der Waals surface area contributed by atoms with Crippen LogP contribution in [0.2, 0.25) is 0 Å². The smallest absolute Gasteiger partial charge is 0.341 e. The molecule has 0 radical (unpaired) electrons. The minimum absolute atomic E-state index is 0.282. The number of rotatable bonds is 8. The number of fused-ring (bicyclic) bond motifs is 1. The molecule has 0 amide bonds. The molecule has 172 valence electrons. The van der Waals surface area contributed by atoms with Crippen molar-refractivity contribution in [3.8, 4) is 28.3 Å². The van der Waals surface area contributed by atoms with Crippen molar-refractivity contribution >= 4 is 17.7 Å². The van der Waals surface area contributed by atoms with E-state index < -0.39 is 5.97 Å². The van der Waals surface area contributed by atoms with E-state index in [1.165, 1.54) is 5.56 Å². The van der Waals surface area contributed by atoms with Gasteiger partial charge in [-0.1, -0.05) is 72.8 Å². The number of carboxylic acids is 1. The van der Waals surface area contributed by atoms with E-state index in [1.54, 1.807) is 0 Å². The quantitative estimate of drug-likeness (QED) is 0.305. The summed E-state index contributed by atoms with van der Waals surface area (Å²) in [5, 5.41) is 9.27. The summed E-state index contributed by atoms with van der Waals surface area (Å²) >= 11 is 1.81. The van der Waals surface area contributed by atoms with Crippen LogP contribution in [0.25, 0.3) is 22.6 Å². The number of hydrogen-bond donors (Lipinski definition) is 1. The molecule has 0 saturated heterocycles. The van der Waals surface area contributed by atoms with Gasteiger partial charge in [0.05, 0.1) is 5.75 Å². The number of benzene rings is 3. The van der Waals surface area contributed by atoms with E-state index in [4.69, 9.17) is 19.2 Å². The second kappa shape index (κ2) is 10.2. The lowest BCUT2D eigenvalue weighted by molar-refractivity contribution is -0.139. The zero-order chi connectivity index (χ0) is 23.3. The molecule has 0 fully saturated rings. The summed E-state index contributed by atoms with van der Waals surface area (Å²) in [5.41, 5.74) is 5.24. The maximum Gasteiger partial charge on any atom is 0.341 e. The van der Waals surface area contributed by atoms with Crippen molar-refractivity contribution in [3.63, 3.8) is 0 Å². The molecular weight excluding hydrogens is 446 g/mol. The molecule has 1 N–H and O–H groups in total. The van der Waals surface area contributed by atoms with E-state index in [9.17, 15) is 4.79 Å². The van der Waals surface area contributed by atoms with Crippen molar-refractivity contribution < 1.29 is 19.1 Å². The first kappa shape index (κ1) is 22.3. The number of carboxylic acid groups (broad SMARTS) is 1. The molecule has 1 aromatic heterocycles. The molecule has 5 rings (SSSR count). The normalized spacial score (nSPS) is 15.0. The van der Waals surface area contributed by atoms with Gasteiger partial charge in [0.1, 0.15) is 11.4 Å². The molecule has 0 spiro atoms. The Bertz CT molecular complexity index is 1210. The average Bonchev–Trinajstić information content (AvgIpc) is 3.31. The van der Waals surface area contributed by atoms with Crippen LogP contribution < -0.4 is 4.74 Å². The van der Waals surface area contributed by atoms with Gasteiger partial charge in [0.2, 0.25) is 5.89 Å². The highest BCUT2D eigenvalue weighted by Gasteiger charge is 2.25. The number of aliphatic carboxylic acids is 1. The number of nitrogens with zero attached hydrogens (tertiary/aromatic N) is 1. The number of thioether (sulfide) groups is 1. The molecular formula is C28H25NO4S. The molecule has 3 aromatic carbocycles. The highest BCUT2D eigenvalue weighted by Crippen LogP contribution is 2.44. The largest absolute Gasteiger partial charge is 0.482 e. The fourth-order valence-corrected chi connectivity index (χ4v) is 5.60. The van der Waals surface area contributed by atoms with E-state index in [0.29, 0.717) is 17.4 Å². The first-order chi connectivity index (χ1) is 16.7. The van der Waals surface area contributed by atoms with Crippen LogP contribution in [-0.2, 0) is 17.0 Å². The van der Waals surface area contributed by atoms with E-state index >= 15 is 0 Å². The van der Waals surface area contributed by atoms with E-state index in [0.717, 1.165) is 47.4 Å². The van der Waals surface area contributed by atoms with Crippen LogP contribution in [0.15, 0.2) is 83.3 Å². The second-order valence-electron chi connectivity index (χ2n) is 8.22. The highest BCUT2D eigenvalue weighted by atomic mass is 32.2. The van der Waals surface area contributed by atoms with Gasteiger partial charge < -0.3 is 14.3 Å². The molecule has 34 heavy (non-hydrogen) atoms. The predicted molar refractivity (Wildman–Crippen MR) is 134 cm³/mol. The van der Waals surface area contributed by atoms with Crippen LogP contribution in [0.4, 0.5) is 0 Å². The molecule has 5 nitrogen and oxygen atoms in total. The third kappa shape index (κ3) is 4.87. The molecule has 0 bridgehead atoms. The van der Waals surface area contributed by atoms with Crippen LogP contribution in [0.1, 0.15) is 35.1 Å². The Labute approximate surface area is 202 Å². The monoisotopic (exact) mass is 471 g/mol. The fraction of sp³-hybridized carbons (Fsp3) is 0.214. The molecule has 1 unspecified atom stereocenters. The van der Waals surface area contributed by atoms with Crippen molar-refractivity contribution in [2.24, 2.45) is 0 Å². The topological polar surface area (TPSA) is 72.6 Å². The van der Waals surface area contributed by atoms with Crippen LogP contribution in [0.5, 0.6) is 5.75 Å². The summed E-state index contributed by atoms with van der Waals surface area (Å²) in [5.74, 6) is 1.85. The minimum atomic E-state index is -0.966. The standard InChI is InChI=1S/C28H25NO4S/c30-26(31)17-32-23-15-7-14-22-21(23)13-8-16-24(22)34-18-25-29-27(19-9-3-1-4-10-19)28(33-25)20-11-5-2-6-12-20/h1-7,9-12,14-15,24H,8,13,16-18H2,(H,30,31). The summed E-state index contributed by atoms with van der Waals surface area (Å²) < 4.78 is 11.9. The zero-order valence-electron chi connectivity index (χ0n) is 18.6. The Hall–Kier alpha value is -3.51. The van der Waals surface area contributed by atoms with Gasteiger partial charge in [-0.2, -0.15) is 0 Å². The number of ether oxygens (including phenoxy) is 1. The third-order valence-corrected chi connectivity index (χ3v) is 7.23. The maximum absolute atomic E-state index is 11.0. The van der Waals surface area contributed by atoms with E-state index in [-0.39, 0.29) is 11.9 Å². The molecule has 4 aromatic rings. The Morgan fingerprint density at radius 1 is 1.00 bits per heavy atom. The van der Waals surface area contributed by atoms with Crippen molar-refractivity contribution in [3.05, 3.63) is 95.9 Å². The van der Waals surface area contributed by atoms with Crippen LogP contribution in [-0.4, -0.2) is 22.7 Å². The minimum Gasteiger partial charge on any atom is -0.482 e. The van der Waals surface area contributed by atoms with Gasteiger partial charge in [-0.15, -0.1) is 11.8 Å². The highest BCUT2D eigenvalue weighted by molar-refractivity contribution is 7.98. The molecule has 1 aliphatic carbocycles. The molecule has 1 atom stereocenters. The van der Waals surface area contributed by atoms with Gasteiger partial charge in [-0.25, -0.2) is 9.78 Å². The van der Waals surface area contributed by atoms with Crippen molar-refractivity contribution in [1.29, 1.82) is 0 Å². The van der Waals surface area contributed by atoms with Gasteiger partial charge >= 0.3 is 5.97 Å². The maximum atomic E-state index is 11.0. The zero-order valence-corrected chi connectivity index (χ0v) is 19.5. The SMILES string of the molecule is O=C(O)COc1cccc2c1CCCC2SCc1nc(-c2ccccc2)c(-c2ccccc2)o1. The number of carbonyl (C=O) groups is 1. The summed E-state index contributed by atoms with van der Waals surface area (Å²) in [6, 6.07) is 26.1. The Morgan fingerprint density at radius 3 is 2.47 bits per heavy atom. The number of hydrogen-bond acceptors (Lipinski definition) is 5. The first-order valence-electron chi connectivity index (χ1n) is 11.4. The van der Waals surface area contributed by atoms with Crippen molar-refractivity contribution in [2.75, 3.05) is 6.61 Å². The van der Waals surface area contributed by atoms with Crippen molar-refractivity contribution in [1.82, 2.24) is 4.98 Å². The van der Waals surface area contributed by atoms with E-state index in [2.05, 4.69) is 18.2 Å². The molecule has 6 heteroatoms. The molecule has 0 saturated carbocycles. The summed E-state index contributed by atoms with van der Waals surface area (Å²) in [6.45, 7) is -0.324. The second-order valence-corrected chi connectivity index (χ2v) is 9.41. The van der Waals surface area contributed by atoms with Gasteiger partial charge in [-0.05, 0) is 36.5 Å². The summed E-state index contributed by atoms with van der Waals surface area (Å²) in [6.07, 6.45) is 2.99. The van der Waals surface area contributed by atoms with E-state index in [1.807, 2.05) is 72.4 Å². The Balaban J connectivity index is 1.39. The van der Waals surface area contributed by atoms with Crippen LogP contribution >= 0.6 is 11.8 Å². The van der Waals surface area contributed by atoms with Gasteiger partial charge in [0.25, 0.3) is 0 Å². The first-order valence-corrected chi connectivity index (χ1v) is 12.4. The summed E-state index contributed by atoms with van der Waals surface area (Å²) in [4.78, 5) is 15.8. The van der Waals surface area contributed by atoms with Gasteiger partial charge in [-0.3, -0.25) is 0 Å². The Morgan fingerprint density at radius 2 is 1.74 bits per heavy atom. The third-order valence-electron chi connectivity index (χ3n) is 5.92. The number of oxazole rings is 1. The Kier molecular flexibility index (Phi) is 6.67. The predicted octanol–water partition coefficient (Wildman–Crippen LogP) is 6.78. The van der Waals surface area contributed by atoms with Gasteiger partial charge in [0.15, 0.2) is 12.4 Å². The molecule has 1 heterocycles.